The van der Waals surface area contributed by atoms with Crippen molar-refractivity contribution in [3.05, 3.63) is 77.0 Å². The van der Waals surface area contributed by atoms with Crippen LogP contribution in [0.5, 0.6) is 0 Å². The van der Waals surface area contributed by atoms with Gasteiger partial charge < -0.3 is 4.42 Å². The second-order valence-corrected chi connectivity index (χ2v) is 10.0. The highest BCUT2D eigenvalue weighted by molar-refractivity contribution is 6.14. The molecule has 34 heavy (non-hydrogen) atoms. The number of hydrogen-bond acceptors (Lipinski definition) is 2. The first kappa shape index (κ1) is 20.9. The topological polar surface area (TPSA) is 40.8 Å². The van der Waals surface area contributed by atoms with Gasteiger partial charge in [-0.05, 0) is 72.5 Å². The van der Waals surface area contributed by atoms with E-state index >= 15 is 0 Å². The summed E-state index contributed by atoms with van der Waals surface area (Å²) in [6.45, 7) is 4.33. The van der Waals surface area contributed by atoms with Gasteiger partial charge in [-0.15, -0.1) is 0 Å². The van der Waals surface area contributed by atoms with Gasteiger partial charge in [0.25, 0.3) is 0 Å². The summed E-state index contributed by atoms with van der Waals surface area (Å²) in [5.74, 6) is 0.834. The van der Waals surface area contributed by atoms with E-state index in [9.17, 15) is 5.26 Å². The van der Waals surface area contributed by atoms with Gasteiger partial charge in [-0.25, -0.2) is 4.57 Å². The van der Waals surface area contributed by atoms with Gasteiger partial charge in [0.15, 0.2) is 6.20 Å². The van der Waals surface area contributed by atoms with E-state index in [-0.39, 0.29) is 0 Å². The van der Waals surface area contributed by atoms with E-state index in [1.165, 1.54) is 59.6 Å². The Morgan fingerprint density at radius 3 is 2.65 bits per heavy atom. The van der Waals surface area contributed by atoms with Gasteiger partial charge >= 0.3 is 0 Å². The zero-order valence-electron chi connectivity index (χ0n) is 20.1. The Balaban J connectivity index is 1.62. The van der Waals surface area contributed by atoms with Gasteiger partial charge in [-0.2, -0.15) is 5.26 Å². The lowest BCUT2D eigenvalue weighted by Crippen LogP contribution is -2.31. The van der Waals surface area contributed by atoms with Crippen molar-refractivity contribution in [3.8, 4) is 17.3 Å². The third-order valence-corrected chi connectivity index (χ3v) is 7.86. The minimum atomic E-state index is 0.657. The van der Waals surface area contributed by atoms with Crippen molar-refractivity contribution < 1.29 is 8.98 Å². The van der Waals surface area contributed by atoms with Crippen molar-refractivity contribution in [1.29, 1.82) is 5.26 Å². The highest BCUT2D eigenvalue weighted by atomic mass is 16.3. The molecule has 0 spiro atoms. The van der Waals surface area contributed by atoms with E-state index < -0.39 is 0 Å². The molecule has 0 N–H and O–H groups in total. The summed E-state index contributed by atoms with van der Waals surface area (Å²) in [6.07, 6.45) is 8.83. The molecule has 0 atom stereocenters. The maximum Gasteiger partial charge on any atom is 0.224 e. The number of fused-ring (bicyclic) bond motifs is 4. The van der Waals surface area contributed by atoms with Crippen LogP contribution in [0.25, 0.3) is 44.0 Å². The summed E-state index contributed by atoms with van der Waals surface area (Å²) in [6, 6.07) is 19.5. The molecule has 0 saturated heterocycles. The number of nitrogens with zero attached hydrogens (tertiary/aromatic N) is 2. The number of hydrogen-bond donors (Lipinski definition) is 0. The quantitative estimate of drug-likeness (QED) is 0.271. The molecular weight excluding hydrogens is 416 g/mol. The SMILES string of the molecule is Cc1cc2c(oc3cccc(C#N)c32)c(-c2c3ccc(CC4CCCC4)cc3cc[n+]2C)c1C. The Morgan fingerprint density at radius 1 is 1.03 bits per heavy atom. The van der Waals surface area contributed by atoms with Crippen LogP contribution in [0.3, 0.4) is 0 Å². The standard InChI is InChI=1S/C31H29N2O/c1-19-15-26-29-24(18-32)9-6-10-27(29)34-31(26)28(20(19)2)30-25-12-11-22(16-21-7-4-5-8-21)17-23(25)13-14-33(30)3/h6,9-15,17,21H,4-5,7-8,16H2,1-3H3/q+1. The average Bonchev–Trinajstić information content (AvgIpc) is 3.48. The lowest BCUT2D eigenvalue weighted by atomic mass is 9.92. The molecule has 0 aliphatic heterocycles. The number of aromatic nitrogens is 1. The van der Waals surface area contributed by atoms with Crippen LogP contribution in [0.15, 0.2) is 59.1 Å². The number of rotatable bonds is 3. The summed E-state index contributed by atoms with van der Waals surface area (Å²) in [5.41, 5.74) is 8.41. The van der Waals surface area contributed by atoms with E-state index in [2.05, 4.69) is 68.1 Å². The maximum absolute atomic E-state index is 9.74. The molecule has 2 heterocycles. The average molecular weight is 446 g/mol. The summed E-state index contributed by atoms with van der Waals surface area (Å²) in [5, 5.41) is 14.2. The fraction of sp³-hybridized carbons (Fsp3) is 0.290. The minimum absolute atomic E-state index is 0.657. The van der Waals surface area contributed by atoms with Crippen LogP contribution in [0.2, 0.25) is 0 Å². The lowest BCUT2D eigenvalue weighted by Gasteiger charge is -2.13. The molecule has 1 saturated carbocycles. The molecule has 0 amide bonds. The van der Waals surface area contributed by atoms with Crippen LogP contribution in [-0.4, -0.2) is 0 Å². The van der Waals surface area contributed by atoms with Gasteiger partial charge in [-0.3, -0.25) is 0 Å². The highest BCUT2D eigenvalue weighted by Crippen LogP contribution is 2.41. The summed E-state index contributed by atoms with van der Waals surface area (Å²) in [4.78, 5) is 0. The van der Waals surface area contributed by atoms with Crippen LogP contribution in [0, 0.1) is 31.1 Å². The molecule has 0 unspecified atom stereocenters. The molecule has 0 bridgehead atoms. The molecule has 1 aliphatic carbocycles. The van der Waals surface area contributed by atoms with Crippen molar-refractivity contribution in [2.75, 3.05) is 0 Å². The van der Waals surface area contributed by atoms with Crippen LogP contribution in [0.1, 0.15) is 47.9 Å². The van der Waals surface area contributed by atoms with Gasteiger partial charge in [0, 0.05) is 16.8 Å². The first-order chi connectivity index (χ1) is 16.5. The molecule has 1 aliphatic rings. The zero-order valence-corrected chi connectivity index (χ0v) is 20.1. The van der Waals surface area contributed by atoms with Crippen molar-refractivity contribution in [2.24, 2.45) is 13.0 Å². The molecule has 6 rings (SSSR count). The molecule has 1 fully saturated rings. The Hall–Kier alpha value is -3.64. The van der Waals surface area contributed by atoms with E-state index in [1.54, 1.807) is 0 Å². The fourth-order valence-electron chi connectivity index (χ4n) is 5.97. The summed E-state index contributed by atoms with van der Waals surface area (Å²) in [7, 11) is 2.11. The predicted octanol–water partition coefficient (Wildman–Crippen LogP) is 7.45. The normalized spacial score (nSPS) is 14.4. The van der Waals surface area contributed by atoms with Crippen LogP contribution >= 0.6 is 0 Å². The predicted molar refractivity (Wildman–Crippen MR) is 138 cm³/mol. The Labute approximate surface area is 200 Å². The number of pyridine rings is 1. The molecule has 3 heteroatoms. The smallest absolute Gasteiger partial charge is 0.224 e. The van der Waals surface area contributed by atoms with Crippen molar-refractivity contribution in [2.45, 2.75) is 46.0 Å². The van der Waals surface area contributed by atoms with E-state index in [0.717, 1.165) is 39.1 Å². The summed E-state index contributed by atoms with van der Waals surface area (Å²) < 4.78 is 8.68. The van der Waals surface area contributed by atoms with Gasteiger partial charge in [-0.1, -0.05) is 43.9 Å². The van der Waals surface area contributed by atoms with Crippen LogP contribution in [0.4, 0.5) is 0 Å². The number of furan rings is 1. The van der Waals surface area contributed by atoms with Crippen LogP contribution in [-0.2, 0) is 13.5 Å². The van der Waals surface area contributed by atoms with E-state index in [0.29, 0.717) is 5.56 Å². The molecular formula is C31H29N2O+. The zero-order chi connectivity index (χ0) is 23.4. The Morgan fingerprint density at radius 2 is 1.85 bits per heavy atom. The first-order valence-corrected chi connectivity index (χ1v) is 12.3. The first-order valence-electron chi connectivity index (χ1n) is 12.3. The second kappa shape index (κ2) is 7.99. The van der Waals surface area contributed by atoms with E-state index in [4.69, 9.17) is 4.42 Å². The minimum Gasteiger partial charge on any atom is -0.455 e. The molecule has 0 radical (unpaired) electrons. The monoisotopic (exact) mass is 445 g/mol. The fourth-order valence-corrected chi connectivity index (χ4v) is 5.97. The maximum atomic E-state index is 9.74. The van der Waals surface area contributed by atoms with Crippen LogP contribution < -0.4 is 4.57 Å². The van der Waals surface area contributed by atoms with Gasteiger partial charge in [0.1, 0.15) is 18.2 Å². The van der Waals surface area contributed by atoms with Gasteiger partial charge in [0.2, 0.25) is 5.69 Å². The number of benzene rings is 3. The van der Waals surface area contributed by atoms with Crippen molar-refractivity contribution in [3.63, 3.8) is 0 Å². The lowest BCUT2D eigenvalue weighted by molar-refractivity contribution is -0.659. The second-order valence-electron chi connectivity index (χ2n) is 10.0. The largest absolute Gasteiger partial charge is 0.455 e. The van der Waals surface area contributed by atoms with Crippen molar-refractivity contribution in [1.82, 2.24) is 0 Å². The number of aryl methyl sites for hydroxylation is 2. The summed E-state index contributed by atoms with van der Waals surface area (Å²) >= 11 is 0. The van der Waals surface area contributed by atoms with Crippen molar-refractivity contribution >= 4 is 32.7 Å². The van der Waals surface area contributed by atoms with Gasteiger partial charge in [0.05, 0.1) is 22.6 Å². The Kier molecular flexibility index (Phi) is 4.92. The Bertz CT molecular complexity index is 1630. The highest BCUT2D eigenvalue weighted by Gasteiger charge is 2.25. The third-order valence-electron chi connectivity index (χ3n) is 7.86. The molecule has 3 aromatic carbocycles. The molecule has 5 aromatic rings. The number of nitriles is 1. The third kappa shape index (κ3) is 3.21. The van der Waals surface area contributed by atoms with E-state index in [1.807, 2.05) is 18.2 Å². The molecule has 2 aromatic heterocycles. The molecule has 3 nitrogen and oxygen atoms in total. The molecule has 168 valence electrons.